The van der Waals surface area contributed by atoms with Crippen LogP contribution in [-0.2, 0) is 27.1 Å². The third-order valence-corrected chi connectivity index (χ3v) is 16.4. The summed E-state index contributed by atoms with van der Waals surface area (Å²) >= 11 is 0. The average molecular weight is 1140 g/mol. The van der Waals surface area contributed by atoms with Crippen molar-refractivity contribution in [2.45, 2.75) is 138 Å². The lowest BCUT2D eigenvalue weighted by atomic mass is 9.77. The van der Waals surface area contributed by atoms with Crippen molar-refractivity contribution in [2.75, 3.05) is 0 Å². The fraction of sp³-hybridized carbons (Fsp3) is 0.259. The van der Waals surface area contributed by atoms with Crippen molar-refractivity contribution < 1.29 is 27.1 Å². The van der Waals surface area contributed by atoms with Crippen LogP contribution in [0.5, 0.6) is 11.5 Å². The third-order valence-electron chi connectivity index (χ3n) is 16.4. The third kappa shape index (κ3) is 11.1. The molecule has 0 aliphatic heterocycles. The van der Waals surface area contributed by atoms with E-state index in [9.17, 15) is 2.74 Å². The Balaban J connectivity index is 1.11. The fourth-order valence-corrected chi connectivity index (χ4v) is 11.3. The number of nitrogens with zero attached hydrogens (tertiary/aromatic N) is 4. The highest BCUT2D eigenvalue weighted by Crippen LogP contribution is 2.44. The van der Waals surface area contributed by atoms with Gasteiger partial charge in [0.05, 0.1) is 47.1 Å². The van der Waals surface area contributed by atoms with E-state index >= 15 is 0 Å². The summed E-state index contributed by atoms with van der Waals surface area (Å²) in [5.74, 6) is 1.10. The van der Waals surface area contributed by atoms with Gasteiger partial charge in [-0.15, -0.1) is 0 Å². The first kappa shape index (κ1) is 43.8. The van der Waals surface area contributed by atoms with Gasteiger partial charge >= 0.3 is 0 Å². The van der Waals surface area contributed by atoms with Crippen molar-refractivity contribution in [2.24, 2.45) is 0 Å². The molecule has 0 spiro atoms. The summed E-state index contributed by atoms with van der Waals surface area (Å²) in [5, 5.41) is 1.66. The van der Waals surface area contributed by atoms with E-state index in [4.69, 9.17) is 24.8 Å². The van der Waals surface area contributed by atoms with Gasteiger partial charge in [0.15, 0.2) is 0 Å². The number of fused-ring (bicyclic) bond motifs is 4. The summed E-state index contributed by atoms with van der Waals surface area (Å²) in [4.78, 5) is 4.79. The van der Waals surface area contributed by atoms with E-state index in [-0.39, 0.29) is 61.8 Å². The number of benzene rings is 9. The largest absolute Gasteiger partial charge is 0.458 e. The highest BCUT2D eigenvalue weighted by Gasteiger charge is 2.29. The van der Waals surface area contributed by atoms with E-state index in [2.05, 4.69) is 171 Å². The molecular formula is C81H82N4O. The van der Waals surface area contributed by atoms with Gasteiger partial charge in [0, 0.05) is 32.7 Å². The zero-order valence-corrected chi connectivity index (χ0v) is 52.1. The first-order chi connectivity index (χ1) is 46.0. The first-order valence-electron chi connectivity index (χ1n) is 36.0. The lowest BCUT2D eigenvalue weighted by Gasteiger charge is -2.29. The number of aromatic nitrogens is 4. The zero-order valence-electron chi connectivity index (χ0n) is 65.1. The predicted molar refractivity (Wildman–Crippen MR) is 362 cm³/mol. The van der Waals surface area contributed by atoms with Crippen molar-refractivity contribution in [1.82, 2.24) is 14.1 Å². The minimum absolute atomic E-state index is 0.0590. The molecule has 9 aromatic carbocycles. The molecule has 0 N–H and O–H groups in total. The highest BCUT2D eigenvalue weighted by atomic mass is 16.5. The number of ether oxygens (including phenoxy) is 1. The summed E-state index contributed by atoms with van der Waals surface area (Å²) < 4.78 is 128. The van der Waals surface area contributed by atoms with Crippen LogP contribution in [0.4, 0.5) is 0 Å². The lowest BCUT2D eigenvalue weighted by Crippen LogP contribution is -2.32. The molecule has 432 valence electrons. The van der Waals surface area contributed by atoms with Crippen molar-refractivity contribution in [1.29, 1.82) is 0 Å². The second-order valence-electron chi connectivity index (χ2n) is 28.0. The Kier molecular flexibility index (Phi) is 10.8. The predicted octanol–water partition coefficient (Wildman–Crippen LogP) is 21.5. The molecule has 0 radical (unpaired) electrons. The van der Waals surface area contributed by atoms with Gasteiger partial charge in [-0.3, -0.25) is 13.7 Å². The van der Waals surface area contributed by atoms with Crippen LogP contribution in [0, 0.1) is 13.2 Å². The molecule has 12 aromatic rings. The van der Waals surface area contributed by atoms with Crippen LogP contribution in [-0.4, -0.2) is 14.1 Å². The molecule has 0 unspecified atom stereocenters. The van der Waals surface area contributed by atoms with E-state index in [0.29, 0.717) is 45.0 Å². The molecule has 12 rings (SSSR count). The Morgan fingerprint density at radius 1 is 0.442 bits per heavy atom. The van der Waals surface area contributed by atoms with Crippen LogP contribution >= 0.6 is 0 Å². The Morgan fingerprint density at radius 2 is 0.977 bits per heavy atom. The van der Waals surface area contributed by atoms with Crippen LogP contribution in [0.2, 0.25) is 0 Å². The Labute approximate surface area is 528 Å². The summed E-state index contributed by atoms with van der Waals surface area (Å²) in [5.41, 5.74) is 11.6. The zero-order chi connectivity index (χ0) is 72.0. The van der Waals surface area contributed by atoms with Gasteiger partial charge < -0.3 is 4.74 Å². The molecule has 3 aromatic heterocycles. The van der Waals surface area contributed by atoms with Crippen molar-refractivity contribution >= 4 is 32.8 Å². The van der Waals surface area contributed by atoms with Crippen LogP contribution in [0.3, 0.4) is 0 Å². The second-order valence-corrected chi connectivity index (χ2v) is 28.0. The summed E-state index contributed by atoms with van der Waals surface area (Å²) in [6.07, 6.45) is 5.11. The average Bonchev–Trinajstić information content (AvgIpc) is 1.69. The van der Waals surface area contributed by atoms with Gasteiger partial charge in [-0.1, -0.05) is 249 Å². The first-order valence-corrected chi connectivity index (χ1v) is 29.5. The Hall–Kier alpha value is -8.80. The topological polar surface area (TPSA) is 35.9 Å². The molecule has 0 bridgehead atoms. The molecule has 0 aliphatic carbocycles. The van der Waals surface area contributed by atoms with E-state index in [1.54, 1.807) is 0 Å². The fourth-order valence-electron chi connectivity index (χ4n) is 11.3. The lowest BCUT2D eigenvalue weighted by molar-refractivity contribution is -0.571. The molecule has 3 heterocycles. The van der Waals surface area contributed by atoms with Gasteiger partial charge in [-0.2, -0.15) is 0 Å². The normalized spacial score (nSPS) is 14.9. The minimum atomic E-state index is -2.80. The smallest absolute Gasteiger partial charge is 0.269 e. The number of hydrogen-bond donors (Lipinski definition) is 0. The van der Waals surface area contributed by atoms with Crippen LogP contribution in [0.15, 0.2) is 206 Å². The molecule has 0 aliphatic rings. The molecule has 0 saturated heterocycles. The van der Waals surface area contributed by atoms with Gasteiger partial charge in [-0.25, -0.2) is 4.98 Å². The van der Waals surface area contributed by atoms with Gasteiger partial charge in [0.1, 0.15) is 17.3 Å². The maximum atomic E-state index is 9.69. The second kappa shape index (κ2) is 21.3. The van der Waals surface area contributed by atoms with Crippen LogP contribution in [0.1, 0.15) is 155 Å². The highest BCUT2D eigenvalue weighted by molar-refractivity contribution is 6.09. The maximum Gasteiger partial charge on any atom is 0.269 e. The van der Waals surface area contributed by atoms with Crippen molar-refractivity contribution in [3.8, 4) is 73.2 Å². The van der Waals surface area contributed by atoms with Crippen molar-refractivity contribution in [3.05, 3.63) is 246 Å². The number of rotatable bonds is 9. The van der Waals surface area contributed by atoms with E-state index < -0.39 is 60.6 Å². The van der Waals surface area contributed by atoms with Gasteiger partial charge in [-0.05, 0) is 155 Å². The standard InChI is InChI=1S/C81H82N4O/c1-52-38-75(82-50-70(52)54-28-21-18-22-29-54)85-71-33-24-23-32-66(71)67-36-35-65(49-73(67)85)86-64-31-25-30-63(48-64)83-51-84(72-37-34-55(43-74(72)83)56-39-58(77(2,3)4)44-59(40-56)78(5,6)7)76-68(53-26-19-17-20-27-53)46-62(81(14,15)16)47-69(76)57-41-60(79(8,9)10)45-61(42-57)80(11,12)13/h17-50H,1-16H3/i1D3,17D,18D,19D,20D,21D,22D,26D,27D,28D,29D. The number of hydrogen-bond acceptors (Lipinski definition) is 2. The van der Waals surface area contributed by atoms with E-state index in [1.807, 2.05) is 86.5 Å². The molecule has 0 atom stereocenters. The SMILES string of the molecule is [2H]c1c([2H])c([2H])c(-c2cnc(-n3c4ccccc4c4ccc(Oc5cccc(-n6[c-][n+](-c7c(-c8cc(C(C)(C)C)cc(C(C)(C)C)c8)cc(C(C)(C)C)cc7-c7c([2H])c([2H])c([2H])c([2H])c7[2H])c7ccc(-c8cc(C(C)(C)C)cc(C(C)(C)C)c8)cc76)c5)cc43)cc2C([2H])([2H])[2H])c([2H])c1[2H]. The number of para-hydroxylation sites is 1. The van der Waals surface area contributed by atoms with Crippen LogP contribution in [0.25, 0.3) is 94.5 Å². The summed E-state index contributed by atoms with van der Waals surface area (Å²) in [6.45, 7) is 30.1. The van der Waals surface area contributed by atoms with Gasteiger partial charge in [0.25, 0.3) is 6.33 Å². The molecule has 5 heteroatoms. The molecule has 86 heavy (non-hydrogen) atoms. The maximum absolute atomic E-state index is 9.69. The number of pyridine rings is 1. The quantitative estimate of drug-likeness (QED) is 0.107. The van der Waals surface area contributed by atoms with Crippen molar-refractivity contribution in [3.63, 3.8) is 0 Å². The minimum Gasteiger partial charge on any atom is -0.458 e. The molecule has 0 saturated carbocycles. The number of imidazole rings is 1. The molecule has 5 nitrogen and oxygen atoms in total. The molecule has 0 amide bonds. The summed E-state index contributed by atoms with van der Waals surface area (Å²) in [6, 6.07) is 41.6. The Bertz CT molecular complexity index is 5190. The monoisotopic (exact) mass is 1140 g/mol. The Morgan fingerprint density at radius 3 is 1.57 bits per heavy atom. The molecular weight excluding hydrogens is 1040 g/mol. The van der Waals surface area contributed by atoms with E-state index in [0.717, 1.165) is 55.2 Å². The van der Waals surface area contributed by atoms with Gasteiger partial charge in [0.2, 0.25) is 0 Å². The molecule has 0 fully saturated rings. The summed E-state index contributed by atoms with van der Waals surface area (Å²) in [7, 11) is 0. The van der Waals surface area contributed by atoms with Crippen LogP contribution < -0.4 is 9.30 Å². The van der Waals surface area contributed by atoms with E-state index in [1.165, 1.54) is 23.4 Å². The number of aryl methyl sites for hydroxylation is 1.